The van der Waals surface area contributed by atoms with Crippen LogP contribution in [0.1, 0.15) is 26.4 Å². The number of hydrogen-bond acceptors (Lipinski definition) is 7. The lowest BCUT2D eigenvalue weighted by Crippen LogP contribution is -2.08. The molecular formula is C32H23Cl2N3O6. The third kappa shape index (κ3) is 5.43. The molecule has 1 aliphatic carbocycles. The molecule has 11 heteroatoms. The number of benzene rings is 4. The molecule has 2 heterocycles. The quantitative estimate of drug-likeness (QED) is 0.0863. The van der Waals surface area contributed by atoms with Gasteiger partial charge >= 0.3 is 11.9 Å². The second kappa shape index (κ2) is 12.0. The van der Waals surface area contributed by atoms with Gasteiger partial charge in [-0.3, -0.25) is 4.79 Å². The summed E-state index contributed by atoms with van der Waals surface area (Å²) >= 11 is 10.8. The second-order valence-corrected chi connectivity index (χ2v) is 9.76. The van der Waals surface area contributed by atoms with Crippen LogP contribution in [0.4, 0.5) is 11.4 Å². The van der Waals surface area contributed by atoms with Crippen LogP contribution in [0.15, 0.2) is 88.1 Å². The number of carboxylic acids is 2. The number of halogens is 2. The largest absolute Gasteiger partial charge is 0.478 e. The van der Waals surface area contributed by atoms with Crippen molar-refractivity contribution in [1.82, 2.24) is 4.98 Å². The fourth-order valence-corrected chi connectivity index (χ4v) is 5.14. The van der Waals surface area contributed by atoms with E-state index in [-0.39, 0.29) is 28.6 Å². The topological polar surface area (TPSA) is 156 Å². The summed E-state index contributed by atoms with van der Waals surface area (Å²) in [5.74, 6) is -2.04. The van der Waals surface area contributed by atoms with Crippen LogP contribution in [-0.4, -0.2) is 33.5 Å². The van der Waals surface area contributed by atoms with Crippen LogP contribution in [0, 0.1) is 0 Å². The number of anilines is 2. The number of fused-ring (bicyclic) bond motifs is 3. The number of nitrogens with two attached hydrogens (primary N) is 1. The summed E-state index contributed by atoms with van der Waals surface area (Å²) in [6.45, 7) is 0.147. The van der Waals surface area contributed by atoms with Crippen molar-refractivity contribution in [2.45, 2.75) is 6.54 Å². The van der Waals surface area contributed by atoms with Gasteiger partial charge in [-0.25, -0.2) is 14.6 Å². The van der Waals surface area contributed by atoms with Gasteiger partial charge in [-0.2, -0.15) is 0 Å². The fraction of sp³-hybridized carbons (Fsp3) is 0.0625. The van der Waals surface area contributed by atoms with Gasteiger partial charge in [0.1, 0.15) is 17.0 Å². The normalized spacial score (nSPS) is 10.9. The lowest BCUT2D eigenvalue weighted by molar-refractivity contribution is 0.0683. The molecule has 216 valence electrons. The van der Waals surface area contributed by atoms with Crippen LogP contribution in [0.25, 0.3) is 44.3 Å². The predicted molar refractivity (Wildman–Crippen MR) is 169 cm³/mol. The van der Waals surface area contributed by atoms with Gasteiger partial charge in [-0.15, -0.1) is 11.6 Å². The Morgan fingerprint density at radius 1 is 0.930 bits per heavy atom. The van der Waals surface area contributed by atoms with E-state index in [4.69, 9.17) is 21.8 Å². The second-order valence-electron chi connectivity index (χ2n) is 9.35. The van der Waals surface area contributed by atoms with Crippen molar-refractivity contribution in [3.05, 3.63) is 111 Å². The molecule has 0 fully saturated rings. The molecule has 0 bridgehead atoms. The SMILES string of the molecule is CCl.Nc1ccc2c(-c3ccccc3C(=O)O)c3cc(Cl)c(=O)cc-3oc2c1CNc1cccc2ccc(C(=O)O)nc12. The monoisotopic (exact) mass is 615 g/mol. The molecule has 1 aliphatic heterocycles. The Hall–Kier alpha value is -5.12. The maximum absolute atomic E-state index is 12.5. The molecule has 2 aliphatic rings. The number of carboxylic acid groups (broad SMARTS) is 2. The van der Waals surface area contributed by atoms with Crippen LogP contribution in [-0.2, 0) is 6.54 Å². The molecule has 5 N–H and O–H groups in total. The third-order valence-corrected chi connectivity index (χ3v) is 7.20. The molecule has 0 atom stereocenters. The van der Waals surface area contributed by atoms with Crippen LogP contribution in [0.3, 0.4) is 0 Å². The van der Waals surface area contributed by atoms with E-state index in [9.17, 15) is 24.6 Å². The molecule has 0 radical (unpaired) electrons. The Morgan fingerprint density at radius 3 is 2.44 bits per heavy atom. The Bertz CT molecular complexity index is 2080. The van der Waals surface area contributed by atoms with Crippen molar-refractivity contribution in [3.63, 3.8) is 0 Å². The highest BCUT2D eigenvalue weighted by Crippen LogP contribution is 2.44. The average molecular weight is 616 g/mol. The number of aromatic nitrogens is 1. The van der Waals surface area contributed by atoms with Crippen molar-refractivity contribution in [2.24, 2.45) is 0 Å². The number of carbonyl (C=O) groups is 2. The molecule has 6 rings (SSSR count). The molecule has 0 saturated heterocycles. The van der Waals surface area contributed by atoms with Gasteiger partial charge < -0.3 is 25.7 Å². The first-order valence-electron chi connectivity index (χ1n) is 12.8. The molecule has 43 heavy (non-hydrogen) atoms. The molecule has 3 aromatic carbocycles. The van der Waals surface area contributed by atoms with Crippen LogP contribution in [0.5, 0.6) is 0 Å². The Labute approximate surface area is 254 Å². The van der Waals surface area contributed by atoms with E-state index in [2.05, 4.69) is 21.9 Å². The summed E-state index contributed by atoms with van der Waals surface area (Å²) in [7, 11) is 0. The first kappa shape index (κ1) is 29.4. The highest BCUT2D eigenvalue weighted by atomic mass is 35.5. The zero-order chi connectivity index (χ0) is 30.8. The van der Waals surface area contributed by atoms with Crippen LogP contribution >= 0.6 is 23.2 Å². The van der Waals surface area contributed by atoms with Gasteiger partial charge in [0.2, 0.25) is 5.43 Å². The standard InChI is InChI=1S/C31H20ClN3O6.CH3Cl/c32-21-12-19-26(13-25(21)36)41-29-18(27(19)16-5-1-2-6-17(16)30(37)38)9-10-22(33)20(29)14-34-23-7-3-4-15-8-11-24(31(39)40)35-28(15)23;1-2/h1-13,34H,14,33H2,(H,37,38)(H,39,40);1H3. The van der Waals surface area contributed by atoms with Crippen molar-refractivity contribution >= 4 is 68.4 Å². The number of aromatic carboxylic acids is 2. The summed E-state index contributed by atoms with van der Waals surface area (Å²) in [5.41, 5.74) is 9.70. The number of pyridine rings is 1. The predicted octanol–water partition coefficient (Wildman–Crippen LogP) is 7.21. The average Bonchev–Trinajstić information content (AvgIpc) is 3.01. The minimum Gasteiger partial charge on any atom is -0.478 e. The van der Waals surface area contributed by atoms with Crippen molar-refractivity contribution in [1.29, 1.82) is 0 Å². The summed E-state index contributed by atoms with van der Waals surface area (Å²) < 4.78 is 6.26. The van der Waals surface area contributed by atoms with Gasteiger partial charge in [0.05, 0.1) is 21.8 Å². The maximum Gasteiger partial charge on any atom is 0.354 e. The van der Waals surface area contributed by atoms with E-state index in [0.29, 0.717) is 50.1 Å². The number of nitrogens with one attached hydrogen (secondary N) is 1. The third-order valence-electron chi connectivity index (χ3n) is 6.90. The van der Waals surface area contributed by atoms with E-state index in [0.717, 1.165) is 5.39 Å². The zero-order valence-electron chi connectivity index (χ0n) is 22.5. The molecule has 0 spiro atoms. The van der Waals surface area contributed by atoms with Gasteiger partial charge in [0, 0.05) is 52.1 Å². The summed E-state index contributed by atoms with van der Waals surface area (Å²) in [4.78, 5) is 40.5. The number of hydrogen-bond donors (Lipinski definition) is 4. The van der Waals surface area contributed by atoms with Crippen LogP contribution in [0.2, 0.25) is 5.02 Å². The zero-order valence-corrected chi connectivity index (χ0v) is 24.0. The summed E-state index contributed by atoms with van der Waals surface area (Å²) in [6.07, 6.45) is 1.47. The number of nitrogens with zero attached hydrogens (tertiary/aromatic N) is 1. The number of rotatable bonds is 6. The first-order valence-corrected chi connectivity index (χ1v) is 13.9. The number of alkyl halides is 1. The van der Waals surface area contributed by atoms with E-state index in [1.807, 2.05) is 12.1 Å². The van der Waals surface area contributed by atoms with Crippen molar-refractivity contribution in [3.8, 4) is 22.5 Å². The fourth-order valence-electron chi connectivity index (χ4n) is 4.98. The molecule has 1 aromatic heterocycles. The number of nitrogen functional groups attached to an aromatic ring is 1. The lowest BCUT2D eigenvalue weighted by atomic mass is 9.90. The summed E-state index contributed by atoms with van der Waals surface area (Å²) in [6, 6.07) is 21.3. The van der Waals surface area contributed by atoms with Gasteiger partial charge in [-0.1, -0.05) is 48.0 Å². The first-order chi connectivity index (χ1) is 20.7. The minimum absolute atomic E-state index is 0.0253. The highest BCUT2D eigenvalue weighted by molar-refractivity contribution is 6.31. The Kier molecular flexibility index (Phi) is 8.20. The minimum atomic E-state index is -1.14. The molecule has 4 aromatic rings. The van der Waals surface area contributed by atoms with E-state index in [1.54, 1.807) is 42.5 Å². The lowest BCUT2D eigenvalue weighted by Gasteiger charge is -2.20. The molecule has 0 unspecified atom stereocenters. The number of para-hydroxylation sites is 1. The van der Waals surface area contributed by atoms with Gasteiger partial charge in [-0.05, 0) is 42.0 Å². The summed E-state index contributed by atoms with van der Waals surface area (Å²) in [5, 5.41) is 23.9. The smallest absolute Gasteiger partial charge is 0.354 e. The molecule has 0 saturated carbocycles. The maximum atomic E-state index is 12.5. The van der Waals surface area contributed by atoms with Crippen LogP contribution < -0.4 is 16.5 Å². The molecule has 9 nitrogen and oxygen atoms in total. The highest BCUT2D eigenvalue weighted by Gasteiger charge is 2.24. The molecular weight excluding hydrogens is 593 g/mol. The van der Waals surface area contributed by atoms with E-state index < -0.39 is 17.4 Å². The Balaban J connectivity index is 0.00000180. The van der Waals surface area contributed by atoms with E-state index >= 15 is 0 Å². The Morgan fingerprint density at radius 2 is 1.70 bits per heavy atom. The van der Waals surface area contributed by atoms with Crippen molar-refractivity contribution in [2.75, 3.05) is 17.4 Å². The van der Waals surface area contributed by atoms with Crippen molar-refractivity contribution < 1.29 is 24.2 Å². The van der Waals surface area contributed by atoms with Gasteiger partial charge in [0.15, 0.2) is 0 Å². The molecule has 0 amide bonds. The van der Waals surface area contributed by atoms with Gasteiger partial charge in [0.25, 0.3) is 0 Å². The van der Waals surface area contributed by atoms with E-state index in [1.165, 1.54) is 30.6 Å².